The van der Waals surface area contributed by atoms with Crippen LogP contribution in [0.4, 0.5) is 0 Å². The van der Waals surface area contributed by atoms with E-state index in [9.17, 15) is 14.4 Å². The van der Waals surface area contributed by atoms with E-state index in [0.717, 1.165) is 109 Å². The second-order valence-electron chi connectivity index (χ2n) is 23.8. The smallest absolute Gasteiger partial charge is 0.306 e. The van der Waals surface area contributed by atoms with E-state index in [1.54, 1.807) is 0 Å². The number of esters is 3. The zero-order valence-electron chi connectivity index (χ0n) is 54.1. The Morgan fingerprint density at radius 1 is 0.259 bits per heavy atom. The maximum Gasteiger partial charge on any atom is 0.306 e. The quantitative estimate of drug-likeness (QED) is 0.0261. The van der Waals surface area contributed by atoms with Crippen LogP contribution >= 0.6 is 0 Å². The summed E-state index contributed by atoms with van der Waals surface area (Å²) < 4.78 is 17.0. The molecule has 0 amide bonds. The van der Waals surface area contributed by atoms with E-state index in [4.69, 9.17) is 14.2 Å². The predicted octanol–water partition coefficient (Wildman–Crippen LogP) is 24.4. The van der Waals surface area contributed by atoms with Crippen LogP contribution in [-0.4, -0.2) is 37.2 Å². The summed E-state index contributed by atoms with van der Waals surface area (Å²) in [6.45, 7) is 6.53. The van der Waals surface area contributed by atoms with Crippen molar-refractivity contribution in [2.75, 3.05) is 13.2 Å². The Bertz CT molecular complexity index is 1490. The number of carbonyl (C=O) groups is 3. The van der Waals surface area contributed by atoms with E-state index >= 15 is 0 Å². The normalized spacial score (nSPS) is 12.5. The molecule has 0 N–H and O–H groups in total. The SMILES string of the molecule is CC/C=C\C/C=C\C/C=C\CCCCCCCC(=O)OCC(COC(=O)CCCCCCCCCCCCCCCCCCCCC/C=C\CCCCCCCCCC)OC(=O)CCCCCCCCC/C=C\C/C=C\CCCCC. The van der Waals surface area contributed by atoms with Gasteiger partial charge in [-0.15, -0.1) is 0 Å². The third-order valence-corrected chi connectivity index (χ3v) is 15.7. The second kappa shape index (κ2) is 69.3. The molecule has 1 unspecified atom stereocenters. The van der Waals surface area contributed by atoms with Gasteiger partial charge in [-0.05, 0) is 109 Å². The Labute approximate surface area is 503 Å². The largest absolute Gasteiger partial charge is 0.462 e. The summed E-state index contributed by atoms with van der Waals surface area (Å²) in [4.78, 5) is 38.4. The van der Waals surface area contributed by atoms with Gasteiger partial charge < -0.3 is 14.2 Å². The molecule has 0 radical (unpaired) electrons. The van der Waals surface area contributed by atoms with Crippen molar-refractivity contribution < 1.29 is 28.6 Å². The number of carbonyl (C=O) groups excluding carboxylic acids is 3. The van der Waals surface area contributed by atoms with Crippen LogP contribution in [0.5, 0.6) is 0 Å². The average molecular weight is 1130 g/mol. The minimum absolute atomic E-state index is 0.0815. The van der Waals surface area contributed by atoms with Crippen LogP contribution in [0.15, 0.2) is 72.9 Å². The molecule has 0 aromatic carbocycles. The van der Waals surface area contributed by atoms with Gasteiger partial charge in [0.25, 0.3) is 0 Å². The molecule has 0 rings (SSSR count). The summed E-state index contributed by atoms with van der Waals surface area (Å²) in [5, 5.41) is 0. The van der Waals surface area contributed by atoms with Gasteiger partial charge in [-0.25, -0.2) is 0 Å². The van der Waals surface area contributed by atoms with Crippen LogP contribution in [-0.2, 0) is 28.6 Å². The van der Waals surface area contributed by atoms with Crippen molar-refractivity contribution in [1.29, 1.82) is 0 Å². The molecule has 0 heterocycles. The maximum atomic E-state index is 12.9. The molecule has 0 aliphatic carbocycles. The summed E-state index contributed by atoms with van der Waals surface area (Å²) in [6.07, 6.45) is 90.8. The lowest BCUT2D eigenvalue weighted by Gasteiger charge is -2.18. The standard InChI is InChI=1S/C75H134O6/c1-4-7-10-13-16-19-22-25-28-30-31-32-33-34-35-36-37-38-39-40-41-42-43-45-47-50-53-56-59-62-65-68-74(77)80-71-72(70-79-73(76)67-64-61-58-55-52-49-46-27-24-21-18-15-12-9-6-3)81-75(78)69-66-63-60-57-54-51-48-44-29-26-23-20-17-14-11-8-5-2/h9,12,17-18,20-21,26-27,29-31,46,72H,4-8,10-11,13-16,19,22-25,28,32-45,47-71H2,1-3H3/b12-9-,20-17-,21-18-,29-26-,31-30-,46-27-. The Hall–Kier alpha value is -3.15. The molecule has 0 spiro atoms. The molecule has 1 atom stereocenters. The molecule has 0 aromatic heterocycles. The molecule has 0 saturated heterocycles. The van der Waals surface area contributed by atoms with Gasteiger partial charge in [0.1, 0.15) is 13.2 Å². The molecule has 6 heteroatoms. The molecule has 0 aliphatic rings. The molecular weight excluding hydrogens is 997 g/mol. The molecule has 470 valence electrons. The monoisotopic (exact) mass is 1130 g/mol. The van der Waals surface area contributed by atoms with Gasteiger partial charge in [0, 0.05) is 19.3 Å². The molecule has 0 bridgehead atoms. The van der Waals surface area contributed by atoms with Crippen LogP contribution in [0.1, 0.15) is 367 Å². The second-order valence-corrected chi connectivity index (χ2v) is 23.8. The first-order valence-electron chi connectivity index (χ1n) is 35.4. The molecular formula is C75H134O6. The van der Waals surface area contributed by atoms with Crippen molar-refractivity contribution in [1.82, 2.24) is 0 Å². The van der Waals surface area contributed by atoms with Crippen molar-refractivity contribution in [2.24, 2.45) is 0 Å². The topological polar surface area (TPSA) is 78.9 Å². The van der Waals surface area contributed by atoms with E-state index in [1.165, 1.54) is 218 Å². The summed E-state index contributed by atoms with van der Waals surface area (Å²) in [5.41, 5.74) is 0. The first-order valence-corrected chi connectivity index (χ1v) is 35.4. The van der Waals surface area contributed by atoms with Gasteiger partial charge in [0.05, 0.1) is 0 Å². The number of hydrogen-bond acceptors (Lipinski definition) is 6. The van der Waals surface area contributed by atoms with Crippen LogP contribution in [0, 0.1) is 0 Å². The van der Waals surface area contributed by atoms with E-state index in [2.05, 4.69) is 93.7 Å². The highest BCUT2D eigenvalue weighted by atomic mass is 16.6. The fraction of sp³-hybridized carbons (Fsp3) is 0.800. The summed E-state index contributed by atoms with van der Waals surface area (Å²) >= 11 is 0. The van der Waals surface area contributed by atoms with Crippen molar-refractivity contribution >= 4 is 17.9 Å². The van der Waals surface area contributed by atoms with Gasteiger partial charge in [0.2, 0.25) is 0 Å². The van der Waals surface area contributed by atoms with E-state index < -0.39 is 6.10 Å². The lowest BCUT2D eigenvalue weighted by molar-refractivity contribution is -0.167. The minimum atomic E-state index is -0.788. The molecule has 0 fully saturated rings. The molecule has 81 heavy (non-hydrogen) atoms. The van der Waals surface area contributed by atoms with Gasteiger partial charge in [0.15, 0.2) is 6.10 Å². The summed E-state index contributed by atoms with van der Waals surface area (Å²) in [5.74, 6) is -0.888. The first-order chi connectivity index (χ1) is 40.0. The number of rotatable bonds is 65. The Morgan fingerprint density at radius 3 is 0.790 bits per heavy atom. The summed E-state index contributed by atoms with van der Waals surface area (Å²) in [7, 11) is 0. The van der Waals surface area contributed by atoms with E-state index in [1.807, 2.05) is 0 Å². The zero-order chi connectivity index (χ0) is 58.5. The summed E-state index contributed by atoms with van der Waals surface area (Å²) in [6, 6.07) is 0. The zero-order valence-corrected chi connectivity index (χ0v) is 54.1. The fourth-order valence-electron chi connectivity index (χ4n) is 10.4. The number of unbranched alkanes of at least 4 members (excludes halogenated alkanes) is 42. The number of ether oxygens (including phenoxy) is 3. The Balaban J connectivity index is 4.20. The van der Waals surface area contributed by atoms with Crippen molar-refractivity contribution in [3.63, 3.8) is 0 Å². The highest BCUT2D eigenvalue weighted by molar-refractivity contribution is 5.71. The fourth-order valence-corrected chi connectivity index (χ4v) is 10.4. The van der Waals surface area contributed by atoms with Crippen LogP contribution in [0.3, 0.4) is 0 Å². The van der Waals surface area contributed by atoms with E-state index in [-0.39, 0.29) is 31.1 Å². The van der Waals surface area contributed by atoms with Crippen molar-refractivity contribution in [3.05, 3.63) is 72.9 Å². The average Bonchev–Trinajstić information content (AvgIpc) is 3.47. The third-order valence-electron chi connectivity index (χ3n) is 15.7. The van der Waals surface area contributed by atoms with Crippen LogP contribution in [0.2, 0.25) is 0 Å². The lowest BCUT2D eigenvalue weighted by atomic mass is 10.0. The van der Waals surface area contributed by atoms with Crippen LogP contribution < -0.4 is 0 Å². The Kier molecular flexibility index (Phi) is 66.6. The highest BCUT2D eigenvalue weighted by Crippen LogP contribution is 2.18. The van der Waals surface area contributed by atoms with Gasteiger partial charge >= 0.3 is 17.9 Å². The number of hydrogen-bond donors (Lipinski definition) is 0. The Morgan fingerprint density at radius 2 is 0.481 bits per heavy atom. The minimum Gasteiger partial charge on any atom is -0.462 e. The molecule has 6 nitrogen and oxygen atoms in total. The molecule has 0 aliphatic heterocycles. The third kappa shape index (κ3) is 67.5. The highest BCUT2D eigenvalue weighted by Gasteiger charge is 2.19. The van der Waals surface area contributed by atoms with Gasteiger partial charge in [-0.3, -0.25) is 14.4 Å². The number of allylic oxidation sites excluding steroid dienone is 12. The molecule has 0 aromatic rings. The van der Waals surface area contributed by atoms with Crippen molar-refractivity contribution in [2.45, 2.75) is 374 Å². The predicted molar refractivity (Wildman–Crippen MR) is 353 cm³/mol. The lowest BCUT2D eigenvalue weighted by Crippen LogP contribution is -2.30. The maximum absolute atomic E-state index is 12.9. The van der Waals surface area contributed by atoms with Gasteiger partial charge in [-0.2, -0.15) is 0 Å². The molecule has 0 saturated carbocycles. The van der Waals surface area contributed by atoms with Crippen LogP contribution in [0.25, 0.3) is 0 Å². The first kappa shape index (κ1) is 77.9. The van der Waals surface area contributed by atoms with E-state index in [0.29, 0.717) is 19.3 Å². The van der Waals surface area contributed by atoms with Gasteiger partial charge in [-0.1, -0.05) is 312 Å². The van der Waals surface area contributed by atoms with Crippen molar-refractivity contribution in [3.8, 4) is 0 Å².